The summed E-state index contributed by atoms with van der Waals surface area (Å²) in [5.41, 5.74) is 1.99. The fourth-order valence-corrected chi connectivity index (χ4v) is 4.58. The van der Waals surface area contributed by atoms with Gasteiger partial charge in [0.2, 0.25) is 0 Å². The number of amides is 1. The quantitative estimate of drug-likeness (QED) is 0.435. The Hall–Kier alpha value is -4.40. The first kappa shape index (κ1) is 25.3. The zero-order valence-corrected chi connectivity index (χ0v) is 21.6. The molecule has 4 heterocycles. The van der Waals surface area contributed by atoms with Crippen LogP contribution in [0.25, 0.3) is 11.3 Å². The van der Waals surface area contributed by atoms with E-state index in [0.717, 1.165) is 30.5 Å². The van der Waals surface area contributed by atoms with Crippen molar-refractivity contribution < 1.29 is 19.0 Å². The highest BCUT2D eigenvalue weighted by molar-refractivity contribution is 5.77. The second-order valence-corrected chi connectivity index (χ2v) is 10.3. The van der Waals surface area contributed by atoms with Gasteiger partial charge in [0.15, 0.2) is 23.0 Å². The van der Waals surface area contributed by atoms with E-state index in [2.05, 4.69) is 35.8 Å². The second kappa shape index (κ2) is 10.5. The van der Waals surface area contributed by atoms with E-state index >= 15 is 0 Å². The van der Waals surface area contributed by atoms with Gasteiger partial charge in [0.1, 0.15) is 23.6 Å². The lowest BCUT2D eigenvalue weighted by Crippen LogP contribution is -2.43. The van der Waals surface area contributed by atoms with Gasteiger partial charge in [-0.3, -0.25) is 10.1 Å². The monoisotopic (exact) mass is 518 g/mol. The van der Waals surface area contributed by atoms with Crippen molar-refractivity contribution in [3.8, 4) is 28.8 Å². The van der Waals surface area contributed by atoms with Gasteiger partial charge in [-0.25, -0.2) is 14.8 Å². The van der Waals surface area contributed by atoms with Crippen molar-refractivity contribution in [2.75, 3.05) is 11.9 Å². The van der Waals surface area contributed by atoms with Crippen molar-refractivity contribution in [2.24, 2.45) is 0 Å². The Balaban J connectivity index is 1.33. The van der Waals surface area contributed by atoms with Gasteiger partial charge in [-0.05, 0) is 40.0 Å². The van der Waals surface area contributed by atoms with E-state index in [1.807, 2.05) is 32.9 Å². The molecule has 0 spiro atoms. The summed E-state index contributed by atoms with van der Waals surface area (Å²) >= 11 is 0. The number of nitrogens with one attached hydrogen (secondary N) is 3. The third kappa shape index (κ3) is 5.94. The maximum atomic E-state index is 12.3. The van der Waals surface area contributed by atoms with Crippen LogP contribution in [-0.2, 0) is 11.2 Å². The minimum atomic E-state index is -0.551. The summed E-state index contributed by atoms with van der Waals surface area (Å²) in [6, 6.07) is 3.74. The van der Waals surface area contributed by atoms with Crippen molar-refractivity contribution in [1.82, 2.24) is 30.5 Å². The SMILES string of the molecule is CC(C)(C)OC(=O)N[C@H]1CCC[C@@H](Oc2cnc3c(c2-c2cc(Nc4cnc(C#N)cn4)n[nH]2)OCC3)C1. The van der Waals surface area contributed by atoms with Crippen LogP contribution in [0.5, 0.6) is 11.5 Å². The number of carbonyl (C=O) groups excluding carboxylic acids is 1. The number of nitrogens with zero attached hydrogens (tertiary/aromatic N) is 5. The van der Waals surface area contributed by atoms with E-state index in [-0.39, 0.29) is 17.8 Å². The van der Waals surface area contributed by atoms with Crippen LogP contribution in [0.1, 0.15) is 57.8 Å². The Morgan fingerprint density at radius 3 is 2.82 bits per heavy atom. The molecule has 0 aromatic carbocycles. The predicted octanol–water partition coefficient (Wildman–Crippen LogP) is 4.03. The van der Waals surface area contributed by atoms with Crippen molar-refractivity contribution in [1.29, 1.82) is 5.26 Å². The molecule has 3 aromatic heterocycles. The molecular weight excluding hydrogens is 488 g/mol. The molecule has 1 aliphatic carbocycles. The van der Waals surface area contributed by atoms with E-state index in [9.17, 15) is 4.79 Å². The predicted molar refractivity (Wildman–Crippen MR) is 137 cm³/mol. The van der Waals surface area contributed by atoms with Crippen molar-refractivity contribution in [2.45, 2.75) is 70.6 Å². The van der Waals surface area contributed by atoms with E-state index in [1.165, 1.54) is 12.4 Å². The largest absolute Gasteiger partial charge is 0.490 e. The standard InChI is InChI=1S/C26H30N8O4/c1-26(2,3)38-25(35)31-15-5-4-6-17(9-15)37-20-13-29-18-7-8-36-24(18)23(20)19-10-21(34-33-19)32-22-14-28-16(11-27)12-30-22/h10,12-15,17H,4-9H2,1-3H3,(H,31,35)(H2,30,32,33,34)/t15-,17+/m0/s1. The number of alkyl carbamates (subject to hydrolysis) is 1. The molecule has 0 unspecified atom stereocenters. The number of H-pyrrole nitrogens is 1. The van der Waals surface area contributed by atoms with Gasteiger partial charge in [0.05, 0.1) is 42.1 Å². The molecule has 38 heavy (non-hydrogen) atoms. The molecule has 5 rings (SSSR count). The molecule has 2 atom stereocenters. The molecule has 0 radical (unpaired) electrons. The highest BCUT2D eigenvalue weighted by Crippen LogP contribution is 2.43. The van der Waals surface area contributed by atoms with Crippen LogP contribution in [0.15, 0.2) is 24.7 Å². The Kier molecular flexibility index (Phi) is 7.00. The number of hydrogen-bond acceptors (Lipinski definition) is 10. The molecule has 1 saturated carbocycles. The smallest absolute Gasteiger partial charge is 0.407 e. The molecule has 12 nitrogen and oxygen atoms in total. The number of nitriles is 1. The summed E-state index contributed by atoms with van der Waals surface area (Å²) < 4.78 is 17.8. The fraction of sp³-hybridized carbons (Fsp3) is 0.462. The van der Waals surface area contributed by atoms with E-state index in [4.69, 9.17) is 19.5 Å². The third-order valence-electron chi connectivity index (χ3n) is 6.17. The molecule has 12 heteroatoms. The van der Waals surface area contributed by atoms with Crippen LogP contribution in [0, 0.1) is 11.3 Å². The first-order chi connectivity index (χ1) is 18.3. The molecule has 2 aliphatic rings. The lowest BCUT2D eigenvalue weighted by molar-refractivity contribution is 0.0463. The van der Waals surface area contributed by atoms with Gasteiger partial charge in [-0.2, -0.15) is 10.4 Å². The highest BCUT2D eigenvalue weighted by atomic mass is 16.6. The Labute approximate surface area is 220 Å². The van der Waals surface area contributed by atoms with Gasteiger partial charge in [-0.1, -0.05) is 0 Å². The number of hydrogen-bond donors (Lipinski definition) is 3. The summed E-state index contributed by atoms with van der Waals surface area (Å²) in [5.74, 6) is 2.24. The fourth-order valence-electron chi connectivity index (χ4n) is 4.58. The maximum absolute atomic E-state index is 12.3. The second-order valence-electron chi connectivity index (χ2n) is 10.3. The first-order valence-electron chi connectivity index (χ1n) is 12.6. The molecule has 3 N–H and O–H groups in total. The number of ether oxygens (including phenoxy) is 3. The molecule has 3 aromatic rings. The van der Waals surface area contributed by atoms with Crippen LogP contribution in [0.2, 0.25) is 0 Å². The molecular formula is C26H30N8O4. The van der Waals surface area contributed by atoms with Crippen LogP contribution in [0.4, 0.5) is 16.4 Å². The molecule has 1 amide bonds. The van der Waals surface area contributed by atoms with E-state index in [1.54, 1.807) is 6.20 Å². The molecule has 1 fully saturated rings. The van der Waals surface area contributed by atoms with Crippen molar-refractivity contribution in [3.63, 3.8) is 0 Å². The third-order valence-corrected chi connectivity index (χ3v) is 6.17. The minimum Gasteiger partial charge on any atom is -0.490 e. The average molecular weight is 519 g/mol. The molecule has 0 bridgehead atoms. The normalized spacial score (nSPS) is 18.6. The number of fused-ring (bicyclic) bond motifs is 1. The maximum Gasteiger partial charge on any atom is 0.407 e. The zero-order valence-electron chi connectivity index (χ0n) is 21.6. The Morgan fingerprint density at radius 1 is 1.18 bits per heavy atom. The molecule has 198 valence electrons. The topological polar surface area (TPSA) is 160 Å². The summed E-state index contributed by atoms with van der Waals surface area (Å²) in [6.07, 6.45) is 8.08. The Morgan fingerprint density at radius 2 is 2.05 bits per heavy atom. The molecule has 1 aliphatic heterocycles. The average Bonchev–Trinajstić information content (AvgIpc) is 3.53. The number of aromatic nitrogens is 5. The highest BCUT2D eigenvalue weighted by Gasteiger charge is 2.30. The Bertz CT molecular complexity index is 1340. The van der Waals surface area contributed by atoms with Crippen LogP contribution in [-0.4, -0.2) is 55.6 Å². The lowest BCUT2D eigenvalue weighted by Gasteiger charge is -2.31. The van der Waals surface area contributed by atoms with E-state index < -0.39 is 11.7 Å². The summed E-state index contributed by atoms with van der Waals surface area (Å²) in [7, 11) is 0. The number of aromatic amines is 1. The summed E-state index contributed by atoms with van der Waals surface area (Å²) in [4.78, 5) is 25.1. The number of anilines is 2. The number of carbonyl (C=O) groups is 1. The van der Waals surface area contributed by atoms with Crippen LogP contribution >= 0.6 is 0 Å². The van der Waals surface area contributed by atoms with Gasteiger partial charge in [0.25, 0.3) is 0 Å². The van der Waals surface area contributed by atoms with Crippen LogP contribution < -0.4 is 20.1 Å². The van der Waals surface area contributed by atoms with Gasteiger partial charge >= 0.3 is 6.09 Å². The van der Waals surface area contributed by atoms with Gasteiger partial charge < -0.3 is 24.8 Å². The minimum absolute atomic E-state index is 0.0397. The number of rotatable bonds is 6. The van der Waals surface area contributed by atoms with Crippen molar-refractivity contribution in [3.05, 3.63) is 36.0 Å². The first-order valence-corrected chi connectivity index (χ1v) is 12.6. The number of pyridine rings is 1. The summed E-state index contributed by atoms with van der Waals surface area (Å²) in [6.45, 7) is 6.08. The van der Waals surface area contributed by atoms with Gasteiger partial charge in [-0.15, -0.1) is 0 Å². The summed E-state index contributed by atoms with van der Waals surface area (Å²) in [5, 5.41) is 22.4. The van der Waals surface area contributed by atoms with E-state index in [0.29, 0.717) is 48.3 Å². The van der Waals surface area contributed by atoms with Gasteiger partial charge in [0, 0.05) is 24.9 Å². The van der Waals surface area contributed by atoms with Crippen LogP contribution in [0.3, 0.4) is 0 Å². The molecule has 0 saturated heterocycles. The lowest BCUT2D eigenvalue weighted by atomic mass is 9.93. The zero-order chi connectivity index (χ0) is 26.7. The van der Waals surface area contributed by atoms with Crippen molar-refractivity contribution >= 4 is 17.7 Å².